The van der Waals surface area contributed by atoms with Gasteiger partial charge in [-0.3, -0.25) is 14.7 Å². The van der Waals surface area contributed by atoms with Crippen molar-refractivity contribution in [3.63, 3.8) is 0 Å². The summed E-state index contributed by atoms with van der Waals surface area (Å²) >= 11 is 12.4. The van der Waals surface area contributed by atoms with E-state index < -0.39 is 11.6 Å². The number of aryl methyl sites for hydroxylation is 1. The smallest absolute Gasteiger partial charge is 0.323 e. The van der Waals surface area contributed by atoms with Crippen molar-refractivity contribution < 1.29 is 9.53 Å². The molecule has 5 aromatic carbocycles. The number of ether oxygens (including phenoxy) is 1. The number of imidazole rings is 1. The van der Waals surface area contributed by atoms with Gasteiger partial charge in [-0.15, -0.1) is 0 Å². The first-order chi connectivity index (χ1) is 21.4. The number of hydrogen-bond donors (Lipinski definition) is 1. The second-order valence-electron chi connectivity index (χ2n) is 10.7. The van der Waals surface area contributed by atoms with Crippen molar-refractivity contribution in [1.82, 2.24) is 14.5 Å². The summed E-state index contributed by atoms with van der Waals surface area (Å²) < 4.78 is 9.96. The first-order valence-corrected chi connectivity index (χ1v) is 15.2. The second kappa shape index (κ2) is 12.6. The van der Waals surface area contributed by atoms with Crippen LogP contribution >= 0.6 is 23.8 Å². The van der Waals surface area contributed by atoms with Crippen LogP contribution in [0.4, 0.5) is 0 Å². The van der Waals surface area contributed by atoms with Gasteiger partial charge in [-0.1, -0.05) is 121 Å². The number of para-hydroxylation sites is 1. The van der Waals surface area contributed by atoms with E-state index in [2.05, 4.69) is 41.7 Å². The second-order valence-corrected chi connectivity index (χ2v) is 11.5. The van der Waals surface area contributed by atoms with Crippen molar-refractivity contribution in [1.29, 1.82) is 0 Å². The molecule has 0 saturated heterocycles. The van der Waals surface area contributed by atoms with Gasteiger partial charge in [0.25, 0.3) is 0 Å². The normalized spacial score (nSPS) is 12.2. The predicted molar refractivity (Wildman–Crippen MR) is 180 cm³/mol. The van der Waals surface area contributed by atoms with Gasteiger partial charge in [0.05, 0.1) is 28.7 Å². The number of fused-ring (bicyclic) bond motifs is 1. The van der Waals surface area contributed by atoms with E-state index in [1.54, 1.807) is 0 Å². The Hall–Kier alpha value is -4.49. The third kappa shape index (κ3) is 5.37. The fourth-order valence-corrected chi connectivity index (χ4v) is 6.56. The molecular formula is C37H32ClN3O2S. The van der Waals surface area contributed by atoms with Gasteiger partial charge in [0.15, 0.2) is 4.77 Å². The van der Waals surface area contributed by atoms with Gasteiger partial charge >= 0.3 is 5.97 Å². The molecule has 220 valence electrons. The summed E-state index contributed by atoms with van der Waals surface area (Å²) in [7, 11) is 3.37. The standard InChI is InChI=1S/C37H32ClN3O2S/c1-40-33-20-12-19-31(38)34(33)41(36(40)44)30-23-21-26(22-24-30)25-32(35(42)43-2)39-37(27-13-6-3-7-14-27,28-15-8-4-9-16-28)29-17-10-5-11-18-29/h3-24,32,39H,25H2,1-2H3/t32-/m0/s1. The van der Waals surface area contributed by atoms with Gasteiger partial charge in [-0.25, -0.2) is 0 Å². The molecule has 0 radical (unpaired) electrons. The lowest BCUT2D eigenvalue weighted by Crippen LogP contribution is -2.53. The van der Waals surface area contributed by atoms with E-state index in [9.17, 15) is 4.79 Å². The number of hydrogen-bond acceptors (Lipinski definition) is 4. The maximum Gasteiger partial charge on any atom is 0.323 e. The number of carbonyl (C=O) groups excluding carboxylic acids is 1. The number of carbonyl (C=O) groups is 1. The molecule has 6 rings (SSSR count). The molecule has 1 atom stereocenters. The molecule has 6 aromatic rings. The third-order valence-electron chi connectivity index (χ3n) is 8.16. The highest BCUT2D eigenvalue weighted by Gasteiger charge is 2.40. The quantitative estimate of drug-likeness (QED) is 0.101. The van der Waals surface area contributed by atoms with Gasteiger partial charge in [-0.2, -0.15) is 0 Å². The SMILES string of the molecule is COC(=O)[C@H](Cc1ccc(-n2c(=S)n(C)c3cccc(Cl)c32)cc1)NC(c1ccccc1)(c1ccccc1)c1ccccc1. The lowest BCUT2D eigenvalue weighted by molar-refractivity contribution is -0.143. The molecule has 1 N–H and O–H groups in total. The topological polar surface area (TPSA) is 48.2 Å². The molecule has 0 aliphatic carbocycles. The van der Waals surface area contributed by atoms with Crippen LogP contribution in [0, 0.1) is 4.77 Å². The predicted octanol–water partition coefficient (Wildman–Crippen LogP) is 8.02. The largest absolute Gasteiger partial charge is 0.468 e. The zero-order chi connectivity index (χ0) is 30.7. The van der Waals surface area contributed by atoms with Crippen LogP contribution in [0.15, 0.2) is 133 Å². The van der Waals surface area contributed by atoms with E-state index in [-0.39, 0.29) is 5.97 Å². The summed E-state index contributed by atoms with van der Waals surface area (Å²) in [6, 6.07) is 43.9. The van der Waals surface area contributed by atoms with Crippen molar-refractivity contribution >= 4 is 40.8 Å². The van der Waals surface area contributed by atoms with Crippen molar-refractivity contribution in [2.45, 2.75) is 18.0 Å². The number of methoxy groups -OCH3 is 1. The maximum atomic E-state index is 13.5. The number of aromatic nitrogens is 2. The lowest BCUT2D eigenvalue weighted by Gasteiger charge is -2.39. The molecule has 5 nitrogen and oxygen atoms in total. The van der Waals surface area contributed by atoms with E-state index in [1.807, 2.05) is 113 Å². The highest BCUT2D eigenvalue weighted by Crippen LogP contribution is 2.38. The Morgan fingerprint density at radius 2 is 1.32 bits per heavy atom. The van der Waals surface area contributed by atoms with Crippen molar-refractivity contribution in [2.24, 2.45) is 7.05 Å². The van der Waals surface area contributed by atoms with Crippen LogP contribution < -0.4 is 5.32 Å². The van der Waals surface area contributed by atoms with Gasteiger partial charge < -0.3 is 9.30 Å². The monoisotopic (exact) mass is 617 g/mol. The summed E-state index contributed by atoms with van der Waals surface area (Å²) in [5.41, 5.74) is 5.92. The Balaban J connectivity index is 1.42. The Morgan fingerprint density at radius 3 is 1.82 bits per heavy atom. The van der Waals surface area contributed by atoms with E-state index in [4.69, 9.17) is 28.6 Å². The number of esters is 1. The van der Waals surface area contributed by atoms with Gasteiger partial charge in [0.2, 0.25) is 0 Å². The average molecular weight is 618 g/mol. The number of nitrogens with zero attached hydrogens (tertiary/aromatic N) is 2. The van der Waals surface area contributed by atoms with E-state index in [0.29, 0.717) is 16.2 Å². The fraction of sp³-hybridized carbons (Fsp3) is 0.135. The van der Waals surface area contributed by atoms with Crippen molar-refractivity contribution in [3.05, 3.63) is 166 Å². The van der Waals surface area contributed by atoms with Crippen LogP contribution in [-0.4, -0.2) is 28.3 Å². The fourth-order valence-electron chi connectivity index (χ4n) is 6.01. The number of nitrogens with one attached hydrogen (secondary N) is 1. The van der Waals surface area contributed by atoms with Gasteiger partial charge in [0, 0.05) is 12.7 Å². The molecule has 0 fully saturated rings. The summed E-state index contributed by atoms with van der Waals surface area (Å²) in [6.07, 6.45) is 0.406. The minimum atomic E-state index is -0.824. The minimum Gasteiger partial charge on any atom is -0.468 e. The highest BCUT2D eigenvalue weighted by atomic mass is 35.5. The summed E-state index contributed by atoms with van der Waals surface area (Å²) in [6.45, 7) is 0. The molecule has 0 saturated carbocycles. The number of rotatable bonds is 9. The molecule has 1 aromatic heterocycles. The third-order valence-corrected chi connectivity index (χ3v) is 8.92. The zero-order valence-electron chi connectivity index (χ0n) is 24.5. The zero-order valence-corrected chi connectivity index (χ0v) is 26.1. The van der Waals surface area contributed by atoms with E-state index in [0.717, 1.165) is 39.0 Å². The number of halogens is 1. The van der Waals surface area contributed by atoms with Crippen LogP contribution in [0.2, 0.25) is 5.02 Å². The van der Waals surface area contributed by atoms with Crippen LogP contribution in [0.25, 0.3) is 16.7 Å². The minimum absolute atomic E-state index is 0.343. The van der Waals surface area contributed by atoms with Gasteiger partial charge in [0.1, 0.15) is 6.04 Å². The Morgan fingerprint density at radius 1 is 0.795 bits per heavy atom. The summed E-state index contributed by atoms with van der Waals surface area (Å²) in [5.74, 6) is -0.343. The Bertz CT molecular complexity index is 1860. The van der Waals surface area contributed by atoms with Crippen LogP contribution in [0.3, 0.4) is 0 Å². The van der Waals surface area contributed by atoms with E-state index in [1.165, 1.54) is 7.11 Å². The molecule has 7 heteroatoms. The first kappa shape index (κ1) is 29.6. The highest BCUT2D eigenvalue weighted by molar-refractivity contribution is 7.71. The Kier molecular flexibility index (Phi) is 8.49. The van der Waals surface area contributed by atoms with Crippen molar-refractivity contribution in [2.75, 3.05) is 7.11 Å². The van der Waals surface area contributed by atoms with E-state index >= 15 is 0 Å². The first-order valence-electron chi connectivity index (χ1n) is 14.4. The average Bonchev–Trinajstić information content (AvgIpc) is 3.34. The molecule has 1 heterocycles. The maximum absolute atomic E-state index is 13.5. The van der Waals surface area contributed by atoms with Crippen LogP contribution in [0.1, 0.15) is 22.3 Å². The molecule has 0 aliphatic rings. The molecule has 0 unspecified atom stereocenters. The van der Waals surface area contributed by atoms with Gasteiger partial charge in [-0.05, 0) is 65.2 Å². The summed E-state index contributed by atoms with van der Waals surface area (Å²) in [4.78, 5) is 13.5. The van der Waals surface area contributed by atoms with Crippen molar-refractivity contribution in [3.8, 4) is 5.69 Å². The number of benzene rings is 5. The molecule has 0 spiro atoms. The molecular weight excluding hydrogens is 586 g/mol. The van der Waals surface area contributed by atoms with Crippen LogP contribution in [-0.2, 0) is 28.5 Å². The lowest BCUT2D eigenvalue weighted by atomic mass is 9.76. The molecule has 0 amide bonds. The summed E-state index contributed by atoms with van der Waals surface area (Å²) in [5, 5.41) is 4.42. The molecule has 44 heavy (non-hydrogen) atoms. The Labute approximate surface area is 267 Å². The molecule has 0 bridgehead atoms. The molecule has 0 aliphatic heterocycles. The van der Waals surface area contributed by atoms with Crippen LogP contribution in [0.5, 0.6) is 0 Å².